The van der Waals surface area contributed by atoms with E-state index in [1.165, 1.54) is 0 Å². The number of piperidine rings is 1. The van der Waals surface area contributed by atoms with Gasteiger partial charge in [0.15, 0.2) is 11.5 Å². The smallest absolute Gasteiger partial charge is 0.253 e. The van der Waals surface area contributed by atoms with Crippen LogP contribution in [0.5, 0.6) is 0 Å². The van der Waals surface area contributed by atoms with Gasteiger partial charge in [0.2, 0.25) is 0 Å². The van der Waals surface area contributed by atoms with Crippen LogP contribution in [-0.2, 0) is 9.47 Å². The molecule has 3 heterocycles. The number of carbonyl (C=O) groups excluding carboxylic acids is 1. The topological polar surface area (TPSA) is 64.8 Å². The average molecular weight is 364 g/mol. The highest BCUT2D eigenvalue weighted by Gasteiger charge is 2.40. The van der Waals surface area contributed by atoms with Crippen LogP contribution in [0.1, 0.15) is 23.2 Å². The SMILES string of the molecule is O=C(c1ccc2noc(-c3ccccc3)c2c1)N1CCC2(CC1)OCCO2. The van der Waals surface area contributed by atoms with Crippen LogP contribution < -0.4 is 0 Å². The second-order valence-corrected chi connectivity index (χ2v) is 7.01. The lowest BCUT2D eigenvalue weighted by molar-refractivity contribution is -0.181. The first-order valence-corrected chi connectivity index (χ1v) is 9.26. The van der Waals surface area contributed by atoms with Gasteiger partial charge in [-0.15, -0.1) is 0 Å². The van der Waals surface area contributed by atoms with Crippen LogP contribution in [0.15, 0.2) is 53.1 Å². The van der Waals surface area contributed by atoms with E-state index in [9.17, 15) is 4.79 Å². The summed E-state index contributed by atoms with van der Waals surface area (Å²) in [5.41, 5.74) is 2.34. The number of aromatic nitrogens is 1. The second kappa shape index (κ2) is 6.48. The first kappa shape index (κ1) is 16.5. The Morgan fingerprint density at radius 3 is 2.48 bits per heavy atom. The van der Waals surface area contributed by atoms with Crippen molar-refractivity contribution < 1.29 is 18.8 Å². The molecule has 5 rings (SSSR count). The van der Waals surface area contributed by atoms with E-state index in [4.69, 9.17) is 14.0 Å². The maximum atomic E-state index is 13.0. The van der Waals surface area contributed by atoms with Gasteiger partial charge in [-0.1, -0.05) is 35.5 Å². The fraction of sp³-hybridized carbons (Fsp3) is 0.333. The Labute approximate surface area is 156 Å². The first-order valence-electron chi connectivity index (χ1n) is 9.26. The van der Waals surface area contributed by atoms with Gasteiger partial charge in [0.25, 0.3) is 5.91 Å². The maximum Gasteiger partial charge on any atom is 0.253 e. The summed E-state index contributed by atoms with van der Waals surface area (Å²) in [6.45, 7) is 2.54. The van der Waals surface area contributed by atoms with Crippen LogP contribution in [-0.4, -0.2) is 48.1 Å². The molecule has 1 aromatic heterocycles. The van der Waals surface area contributed by atoms with Crippen molar-refractivity contribution in [2.24, 2.45) is 0 Å². The van der Waals surface area contributed by atoms with Crippen LogP contribution in [0.2, 0.25) is 0 Å². The molecular formula is C21H20N2O4. The minimum Gasteiger partial charge on any atom is -0.355 e. The zero-order valence-electron chi connectivity index (χ0n) is 14.9. The maximum absolute atomic E-state index is 13.0. The Balaban J connectivity index is 1.41. The Bertz CT molecular complexity index is 966. The molecule has 0 saturated carbocycles. The molecule has 2 fully saturated rings. The van der Waals surface area contributed by atoms with Gasteiger partial charge in [-0.05, 0) is 18.2 Å². The van der Waals surface area contributed by atoms with E-state index >= 15 is 0 Å². The molecule has 1 spiro atoms. The molecule has 0 N–H and O–H groups in total. The number of likely N-dealkylation sites (tertiary alicyclic amines) is 1. The fourth-order valence-electron chi connectivity index (χ4n) is 3.89. The molecule has 6 nitrogen and oxygen atoms in total. The third-order valence-corrected chi connectivity index (χ3v) is 5.39. The number of amides is 1. The molecule has 0 unspecified atom stereocenters. The molecule has 0 aliphatic carbocycles. The van der Waals surface area contributed by atoms with Gasteiger partial charge < -0.3 is 18.9 Å². The molecule has 2 saturated heterocycles. The molecular weight excluding hydrogens is 344 g/mol. The Morgan fingerprint density at radius 1 is 1.00 bits per heavy atom. The van der Waals surface area contributed by atoms with Gasteiger partial charge in [-0.25, -0.2) is 0 Å². The minimum absolute atomic E-state index is 0.0185. The van der Waals surface area contributed by atoms with E-state index in [1.54, 1.807) is 0 Å². The van der Waals surface area contributed by atoms with E-state index < -0.39 is 5.79 Å². The lowest BCUT2D eigenvalue weighted by atomic mass is 10.0. The van der Waals surface area contributed by atoms with Crippen LogP contribution >= 0.6 is 0 Å². The van der Waals surface area contributed by atoms with Gasteiger partial charge in [0.1, 0.15) is 5.52 Å². The molecule has 27 heavy (non-hydrogen) atoms. The van der Waals surface area contributed by atoms with Crippen LogP contribution in [0.3, 0.4) is 0 Å². The molecule has 3 aromatic rings. The molecule has 0 radical (unpaired) electrons. The minimum atomic E-state index is -0.476. The average Bonchev–Trinajstić information content (AvgIpc) is 3.35. The zero-order valence-corrected chi connectivity index (χ0v) is 14.9. The van der Waals surface area contributed by atoms with Gasteiger partial charge >= 0.3 is 0 Å². The Morgan fingerprint density at radius 2 is 1.74 bits per heavy atom. The van der Waals surface area contributed by atoms with E-state index in [0.29, 0.717) is 50.5 Å². The number of benzene rings is 2. The highest BCUT2D eigenvalue weighted by atomic mass is 16.7. The highest BCUT2D eigenvalue weighted by Crippen LogP contribution is 2.33. The summed E-state index contributed by atoms with van der Waals surface area (Å²) in [4.78, 5) is 14.9. The first-order chi connectivity index (χ1) is 13.2. The molecule has 0 bridgehead atoms. The molecule has 6 heteroatoms. The van der Waals surface area contributed by atoms with E-state index in [2.05, 4.69) is 5.16 Å². The molecule has 2 aromatic carbocycles. The van der Waals surface area contributed by atoms with Gasteiger partial charge in [-0.2, -0.15) is 0 Å². The van der Waals surface area contributed by atoms with Crippen LogP contribution in [0, 0.1) is 0 Å². The third-order valence-electron chi connectivity index (χ3n) is 5.39. The summed E-state index contributed by atoms with van der Waals surface area (Å²) < 4.78 is 17.0. The zero-order chi connectivity index (χ0) is 18.3. The standard InChI is InChI=1S/C21H20N2O4/c24-20(23-10-8-21(9-11-23)25-12-13-26-21)16-6-7-18-17(14-16)19(27-22-18)15-4-2-1-3-5-15/h1-7,14H,8-13H2. The number of rotatable bonds is 2. The number of nitrogens with zero attached hydrogens (tertiary/aromatic N) is 2. The number of ether oxygens (including phenoxy) is 2. The van der Waals surface area contributed by atoms with Crippen molar-refractivity contribution in [3.8, 4) is 11.3 Å². The molecule has 0 atom stereocenters. The van der Waals surface area contributed by atoms with Gasteiger partial charge in [-0.3, -0.25) is 4.79 Å². The quantitative estimate of drug-likeness (QED) is 0.697. The van der Waals surface area contributed by atoms with Gasteiger partial charge in [0, 0.05) is 37.1 Å². The largest absolute Gasteiger partial charge is 0.355 e. The highest BCUT2D eigenvalue weighted by molar-refractivity contribution is 6.01. The van der Waals surface area contributed by atoms with Crippen molar-refractivity contribution in [1.82, 2.24) is 10.1 Å². The second-order valence-electron chi connectivity index (χ2n) is 7.01. The molecule has 1 amide bonds. The lowest BCUT2D eigenvalue weighted by Gasteiger charge is -2.37. The number of carbonyl (C=O) groups is 1. The number of fused-ring (bicyclic) bond motifs is 1. The third kappa shape index (κ3) is 2.91. The van der Waals surface area contributed by atoms with Crippen LogP contribution in [0.4, 0.5) is 0 Å². The van der Waals surface area contributed by atoms with Crippen molar-refractivity contribution in [1.29, 1.82) is 0 Å². The number of hydrogen-bond donors (Lipinski definition) is 0. The van der Waals surface area contributed by atoms with Gasteiger partial charge in [0.05, 0.1) is 18.6 Å². The summed E-state index contributed by atoms with van der Waals surface area (Å²) in [7, 11) is 0. The predicted octanol–water partition coefficient (Wildman–Crippen LogP) is 3.47. The molecule has 2 aliphatic rings. The fourth-order valence-corrected chi connectivity index (χ4v) is 3.89. The normalized spacial score (nSPS) is 19.0. The monoisotopic (exact) mass is 364 g/mol. The van der Waals surface area contributed by atoms with Crippen molar-refractivity contribution >= 4 is 16.8 Å². The van der Waals surface area contributed by atoms with Crippen molar-refractivity contribution in [3.05, 3.63) is 54.1 Å². The Kier molecular flexibility index (Phi) is 3.95. The van der Waals surface area contributed by atoms with Crippen molar-refractivity contribution in [2.75, 3.05) is 26.3 Å². The molecule has 138 valence electrons. The summed E-state index contributed by atoms with van der Waals surface area (Å²) in [6.07, 6.45) is 1.42. The summed E-state index contributed by atoms with van der Waals surface area (Å²) in [5.74, 6) is 0.228. The summed E-state index contributed by atoms with van der Waals surface area (Å²) in [5, 5.41) is 4.97. The lowest BCUT2D eigenvalue weighted by Crippen LogP contribution is -2.47. The summed E-state index contributed by atoms with van der Waals surface area (Å²) in [6, 6.07) is 15.3. The number of hydrogen-bond acceptors (Lipinski definition) is 5. The summed E-state index contributed by atoms with van der Waals surface area (Å²) >= 11 is 0. The van der Waals surface area contributed by atoms with Crippen molar-refractivity contribution in [3.63, 3.8) is 0 Å². The molecule has 2 aliphatic heterocycles. The van der Waals surface area contributed by atoms with Crippen LogP contribution in [0.25, 0.3) is 22.2 Å². The predicted molar refractivity (Wildman–Crippen MR) is 99.2 cm³/mol. The Hall–Kier alpha value is -2.70. The van der Waals surface area contributed by atoms with E-state index in [0.717, 1.165) is 16.5 Å². The van der Waals surface area contributed by atoms with E-state index in [1.807, 2.05) is 53.4 Å². The van der Waals surface area contributed by atoms with Crippen molar-refractivity contribution in [2.45, 2.75) is 18.6 Å². The van der Waals surface area contributed by atoms with E-state index in [-0.39, 0.29) is 5.91 Å².